The second-order valence-corrected chi connectivity index (χ2v) is 9.41. The first kappa shape index (κ1) is 26.6. The Morgan fingerprint density at radius 3 is 2.46 bits per heavy atom. The van der Waals surface area contributed by atoms with Crippen molar-refractivity contribution in [2.75, 3.05) is 50.1 Å². The van der Waals surface area contributed by atoms with Gasteiger partial charge in [0.1, 0.15) is 12.0 Å². The Hall–Kier alpha value is -3.49. The standard InChI is InChI=1S/C17H22N2O3.C12H14N2O/c20-13-15-3-6-17(21)19(12-15)16-4-1-14(2-5-16)11-18-7-9-22-10-8-18;1-13-12-9-11(15-14-12)8-7-10-5-3-2-4-6-10/h1-2,4-5,13,15H,3,6-12H2;2-6,9H,7-8H2,1H3,(H,13,14). The molecule has 2 saturated heterocycles. The number of nitrogens with one attached hydrogen (secondary N) is 1. The van der Waals surface area contributed by atoms with Crippen LogP contribution in [-0.2, 0) is 33.7 Å². The molecule has 1 atom stereocenters. The van der Waals surface area contributed by atoms with E-state index in [-0.39, 0.29) is 11.8 Å². The summed E-state index contributed by atoms with van der Waals surface area (Å²) in [6, 6.07) is 20.4. The Kier molecular flexibility index (Phi) is 9.85. The van der Waals surface area contributed by atoms with E-state index in [0.717, 1.165) is 69.2 Å². The average molecular weight is 505 g/mol. The smallest absolute Gasteiger partial charge is 0.227 e. The van der Waals surface area contributed by atoms with Crippen LogP contribution < -0.4 is 10.2 Å². The summed E-state index contributed by atoms with van der Waals surface area (Å²) in [4.78, 5) is 27.1. The number of aryl methyl sites for hydroxylation is 2. The fourth-order valence-corrected chi connectivity index (χ4v) is 4.49. The number of nitrogens with zero attached hydrogens (tertiary/aromatic N) is 3. The number of anilines is 2. The molecule has 0 saturated carbocycles. The largest absolute Gasteiger partial charge is 0.379 e. The third-order valence-electron chi connectivity index (χ3n) is 6.72. The lowest BCUT2D eigenvalue weighted by Crippen LogP contribution is -2.40. The van der Waals surface area contributed by atoms with Gasteiger partial charge >= 0.3 is 0 Å². The molecule has 3 heterocycles. The number of carbonyl (C=O) groups is 2. The van der Waals surface area contributed by atoms with Crippen molar-refractivity contribution in [3.05, 3.63) is 77.6 Å². The zero-order valence-corrected chi connectivity index (χ0v) is 21.5. The number of hydrogen-bond donors (Lipinski definition) is 1. The zero-order valence-electron chi connectivity index (χ0n) is 21.5. The highest BCUT2D eigenvalue weighted by Gasteiger charge is 2.26. The number of benzene rings is 2. The summed E-state index contributed by atoms with van der Waals surface area (Å²) in [5.74, 6) is 1.78. The minimum Gasteiger partial charge on any atom is -0.379 e. The molecular weight excluding hydrogens is 468 g/mol. The highest BCUT2D eigenvalue weighted by molar-refractivity contribution is 5.94. The quantitative estimate of drug-likeness (QED) is 0.465. The molecule has 1 amide bonds. The Morgan fingerprint density at radius 2 is 1.78 bits per heavy atom. The molecule has 2 aliphatic heterocycles. The predicted octanol–water partition coefficient (Wildman–Crippen LogP) is 3.96. The van der Waals surface area contributed by atoms with E-state index in [0.29, 0.717) is 19.4 Å². The number of aromatic nitrogens is 1. The fourth-order valence-electron chi connectivity index (χ4n) is 4.49. The predicted molar refractivity (Wildman–Crippen MR) is 144 cm³/mol. The molecule has 8 heteroatoms. The summed E-state index contributed by atoms with van der Waals surface area (Å²) in [5.41, 5.74) is 3.45. The van der Waals surface area contributed by atoms with E-state index in [1.807, 2.05) is 31.3 Å². The molecule has 0 aliphatic carbocycles. The van der Waals surface area contributed by atoms with Crippen molar-refractivity contribution in [2.45, 2.75) is 32.2 Å². The first-order valence-corrected chi connectivity index (χ1v) is 13.0. The second-order valence-electron chi connectivity index (χ2n) is 9.41. The molecule has 2 aliphatic rings. The van der Waals surface area contributed by atoms with E-state index in [1.165, 1.54) is 11.1 Å². The van der Waals surface area contributed by atoms with Gasteiger partial charge in [-0.1, -0.05) is 47.6 Å². The monoisotopic (exact) mass is 504 g/mol. The van der Waals surface area contributed by atoms with Crippen LogP contribution in [0.3, 0.4) is 0 Å². The number of amides is 1. The molecule has 2 fully saturated rings. The molecular formula is C29H36N4O4. The SMILES string of the molecule is CNc1cc(CCc2ccccc2)on1.O=CC1CCC(=O)N(c2ccc(CN3CCOCC3)cc2)C1. The van der Waals surface area contributed by atoms with Crippen molar-refractivity contribution in [1.82, 2.24) is 10.1 Å². The van der Waals surface area contributed by atoms with Crippen LogP contribution in [0.25, 0.3) is 0 Å². The van der Waals surface area contributed by atoms with E-state index in [1.54, 1.807) is 4.90 Å². The van der Waals surface area contributed by atoms with Crippen molar-refractivity contribution in [3.8, 4) is 0 Å². The highest BCUT2D eigenvalue weighted by atomic mass is 16.5. The van der Waals surface area contributed by atoms with E-state index < -0.39 is 0 Å². The van der Waals surface area contributed by atoms with Crippen LogP contribution in [0.2, 0.25) is 0 Å². The molecule has 5 rings (SSSR count). The number of rotatable bonds is 8. The lowest BCUT2D eigenvalue weighted by atomic mass is 9.98. The van der Waals surface area contributed by atoms with Gasteiger partial charge in [-0.25, -0.2) is 0 Å². The van der Waals surface area contributed by atoms with Crippen LogP contribution in [0.4, 0.5) is 11.5 Å². The van der Waals surface area contributed by atoms with Gasteiger partial charge in [0.25, 0.3) is 0 Å². The van der Waals surface area contributed by atoms with Gasteiger partial charge in [-0.2, -0.15) is 0 Å². The summed E-state index contributed by atoms with van der Waals surface area (Å²) in [6.07, 6.45) is 3.97. The van der Waals surface area contributed by atoms with E-state index in [2.05, 4.69) is 51.8 Å². The van der Waals surface area contributed by atoms with Crippen LogP contribution in [0, 0.1) is 5.92 Å². The highest BCUT2D eigenvalue weighted by Crippen LogP contribution is 2.24. The molecule has 8 nitrogen and oxygen atoms in total. The van der Waals surface area contributed by atoms with Gasteiger partial charge in [-0.3, -0.25) is 9.69 Å². The van der Waals surface area contributed by atoms with Crippen molar-refractivity contribution in [1.29, 1.82) is 0 Å². The number of morpholine rings is 1. The molecule has 1 N–H and O–H groups in total. The topological polar surface area (TPSA) is 87.9 Å². The minimum atomic E-state index is -0.0364. The maximum atomic E-state index is 12.0. The van der Waals surface area contributed by atoms with Gasteiger partial charge in [0.2, 0.25) is 5.91 Å². The second kappa shape index (κ2) is 13.7. The summed E-state index contributed by atoms with van der Waals surface area (Å²) in [5, 5.41) is 6.80. The summed E-state index contributed by atoms with van der Waals surface area (Å²) >= 11 is 0. The van der Waals surface area contributed by atoms with E-state index in [9.17, 15) is 9.59 Å². The molecule has 1 unspecified atom stereocenters. The summed E-state index contributed by atoms with van der Waals surface area (Å²) < 4.78 is 10.5. The van der Waals surface area contributed by atoms with E-state index >= 15 is 0 Å². The van der Waals surface area contributed by atoms with Gasteiger partial charge in [-0.15, -0.1) is 0 Å². The van der Waals surface area contributed by atoms with Crippen LogP contribution in [0.1, 0.15) is 29.7 Å². The van der Waals surface area contributed by atoms with Gasteiger partial charge in [0.15, 0.2) is 5.82 Å². The van der Waals surface area contributed by atoms with Crippen LogP contribution in [0.5, 0.6) is 0 Å². The lowest BCUT2D eigenvalue weighted by molar-refractivity contribution is -0.121. The fraction of sp³-hybridized carbons (Fsp3) is 0.414. The number of carbonyl (C=O) groups excluding carboxylic acids is 2. The third kappa shape index (κ3) is 8.00. The van der Waals surface area contributed by atoms with Gasteiger partial charge in [-0.05, 0) is 36.1 Å². The van der Waals surface area contributed by atoms with Crippen molar-refractivity contribution in [2.24, 2.45) is 5.92 Å². The number of piperidine rings is 1. The molecule has 1 aromatic heterocycles. The van der Waals surface area contributed by atoms with E-state index in [4.69, 9.17) is 9.26 Å². The molecule has 0 bridgehead atoms. The molecule has 37 heavy (non-hydrogen) atoms. The third-order valence-corrected chi connectivity index (χ3v) is 6.72. The number of hydrogen-bond acceptors (Lipinski definition) is 7. The Morgan fingerprint density at radius 1 is 1.03 bits per heavy atom. The van der Waals surface area contributed by atoms with Crippen molar-refractivity contribution in [3.63, 3.8) is 0 Å². The maximum absolute atomic E-state index is 12.0. The molecule has 196 valence electrons. The molecule has 3 aromatic rings. The zero-order chi connectivity index (χ0) is 25.9. The first-order chi connectivity index (χ1) is 18.1. The summed E-state index contributed by atoms with van der Waals surface area (Å²) in [6.45, 7) is 4.95. The van der Waals surface area contributed by atoms with Crippen LogP contribution >= 0.6 is 0 Å². The van der Waals surface area contributed by atoms with Crippen LogP contribution in [-0.4, -0.2) is 62.1 Å². The van der Waals surface area contributed by atoms with Gasteiger partial charge < -0.3 is 24.3 Å². The Bertz CT molecular complexity index is 1110. The van der Waals surface area contributed by atoms with Gasteiger partial charge in [0, 0.05) is 63.7 Å². The normalized spacial score (nSPS) is 18.1. The number of ether oxygens (including phenoxy) is 1. The van der Waals surface area contributed by atoms with Crippen molar-refractivity contribution >= 4 is 23.7 Å². The van der Waals surface area contributed by atoms with Crippen molar-refractivity contribution < 1.29 is 18.8 Å². The average Bonchev–Trinajstić information content (AvgIpc) is 3.43. The Balaban J connectivity index is 0.000000186. The van der Waals surface area contributed by atoms with Gasteiger partial charge in [0.05, 0.1) is 13.2 Å². The van der Waals surface area contributed by atoms with Crippen LogP contribution in [0.15, 0.2) is 65.2 Å². The molecule has 0 radical (unpaired) electrons. The number of aldehydes is 1. The summed E-state index contributed by atoms with van der Waals surface area (Å²) in [7, 11) is 1.83. The first-order valence-electron chi connectivity index (χ1n) is 13.0. The minimum absolute atomic E-state index is 0.0364. The lowest BCUT2D eigenvalue weighted by Gasteiger charge is -2.30. The Labute approximate surface area is 218 Å². The molecule has 0 spiro atoms. The maximum Gasteiger partial charge on any atom is 0.227 e. The molecule has 2 aromatic carbocycles.